The summed E-state index contributed by atoms with van der Waals surface area (Å²) in [6, 6.07) is 4.42. The first kappa shape index (κ1) is 20.8. The minimum Gasteiger partial charge on any atom is -0.444 e. The van der Waals surface area contributed by atoms with E-state index in [4.69, 9.17) is 25.5 Å². The van der Waals surface area contributed by atoms with E-state index in [1.807, 2.05) is 6.92 Å². The summed E-state index contributed by atoms with van der Waals surface area (Å²) in [6.07, 6.45) is -0.0617. The summed E-state index contributed by atoms with van der Waals surface area (Å²) in [5.74, 6) is -0.510. The summed E-state index contributed by atoms with van der Waals surface area (Å²) in [7, 11) is 0. The molecule has 8 heteroatoms. The number of aryl methyl sites for hydroxylation is 1. The van der Waals surface area contributed by atoms with Crippen LogP contribution in [-0.2, 0) is 16.0 Å². The van der Waals surface area contributed by atoms with Crippen LogP contribution in [0.5, 0.6) is 5.75 Å². The van der Waals surface area contributed by atoms with Gasteiger partial charge in [0.05, 0.1) is 11.4 Å². The molecule has 2 rings (SSSR count). The molecule has 1 amide bonds. The van der Waals surface area contributed by atoms with E-state index in [9.17, 15) is 14.4 Å². The largest absolute Gasteiger partial charge is 0.444 e. The van der Waals surface area contributed by atoms with Crippen molar-refractivity contribution in [3.63, 3.8) is 0 Å². The molecule has 1 heterocycles. The Bertz CT molecular complexity index is 913. The SMILES string of the molecule is CCc1cc(=O)oc2cc(OC(=O)CCNC(=O)OC(C)(C)C)c(Cl)cc12. The molecule has 0 fully saturated rings. The van der Waals surface area contributed by atoms with Crippen molar-refractivity contribution in [2.75, 3.05) is 6.54 Å². The van der Waals surface area contributed by atoms with Crippen LogP contribution in [-0.4, -0.2) is 24.2 Å². The third kappa shape index (κ3) is 5.99. The van der Waals surface area contributed by atoms with Gasteiger partial charge in [-0.3, -0.25) is 4.79 Å². The van der Waals surface area contributed by atoms with Crippen LogP contribution < -0.4 is 15.7 Å². The lowest BCUT2D eigenvalue weighted by atomic mass is 10.1. The molecule has 1 N–H and O–H groups in total. The normalized spacial score (nSPS) is 11.3. The van der Waals surface area contributed by atoms with Crippen molar-refractivity contribution in [3.8, 4) is 5.75 Å². The summed E-state index contributed by atoms with van der Waals surface area (Å²) in [6.45, 7) is 7.18. The number of hydrogen-bond acceptors (Lipinski definition) is 6. The first-order chi connectivity index (χ1) is 12.6. The number of nitrogens with one attached hydrogen (secondary N) is 1. The molecule has 0 unspecified atom stereocenters. The summed E-state index contributed by atoms with van der Waals surface area (Å²) < 4.78 is 15.5. The van der Waals surface area contributed by atoms with Crippen molar-refractivity contribution in [2.45, 2.75) is 46.1 Å². The number of esters is 1. The maximum absolute atomic E-state index is 12.0. The minimum absolute atomic E-state index is 0.0496. The third-order valence-corrected chi connectivity index (χ3v) is 3.78. The van der Waals surface area contributed by atoms with Crippen LogP contribution in [0, 0.1) is 0 Å². The number of carbonyl (C=O) groups excluding carboxylic acids is 2. The second kappa shape index (κ2) is 8.43. The van der Waals surface area contributed by atoms with Gasteiger partial charge in [-0.15, -0.1) is 0 Å². The van der Waals surface area contributed by atoms with Crippen molar-refractivity contribution in [1.82, 2.24) is 5.32 Å². The van der Waals surface area contributed by atoms with Gasteiger partial charge in [0.2, 0.25) is 0 Å². The fraction of sp³-hybridized carbons (Fsp3) is 0.421. The Labute approximate surface area is 161 Å². The summed E-state index contributed by atoms with van der Waals surface area (Å²) in [4.78, 5) is 35.2. The number of alkyl carbamates (subject to hydrolysis) is 1. The second-order valence-corrected chi connectivity index (χ2v) is 7.28. The quantitative estimate of drug-likeness (QED) is 0.469. The van der Waals surface area contributed by atoms with Gasteiger partial charge in [0.1, 0.15) is 11.2 Å². The number of carbonyl (C=O) groups is 2. The molecule has 27 heavy (non-hydrogen) atoms. The zero-order valence-electron chi connectivity index (χ0n) is 15.7. The number of benzene rings is 1. The van der Waals surface area contributed by atoms with Gasteiger partial charge in [-0.1, -0.05) is 18.5 Å². The van der Waals surface area contributed by atoms with E-state index in [0.717, 1.165) is 5.56 Å². The smallest absolute Gasteiger partial charge is 0.407 e. The van der Waals surface area contributed by atoms with Gasteiger partial charge in [0.15, 0.2) is 5.75 Å². The van der Waals surface area contributed by atoms with Crippen LogP contribution in [0.25, 0.3) is 11.0 Å². The lowest BCUT2D eigenvalue weighted by molar-refractivity contribution is -0.134. The summed E-state index contributed by atoms with van der Waals surface area (Å²) in [5.41, 5.74) is -0.0219. The molecular weight excluding hydrogens is 374 g/mol. The molecule has 0 saturated heterocycles. The Balaban J connectivity index is 2.03. The fourth-order valence-electron chi connectivity index (χ4n) is 2.35. The highest BCUT2D eigenvalue weighted by atomic mass is 35.5. The van der Waals surface area contributed by atoms with Gasteiger partial charge in [0.25, 0.3) is 0 Å². The molecule has 0 spiro atoms. The van der Waals surface area contributed by atoms with Crippen LogP contribution in [0.4, 0.5) is 4.79 Å². The summed E-state index contributed by atoms with van der Waals surface area (Å²) in [5, 5.41) is 3.38. The third-order valence-electron chi connectivity index (χ3n) is 3.48. The zero-order chi connectivity index (χ0) is 20.2. The Kier molecular flexibility index (Phi) is 6.49. The molecule has 0 atom stereocenters. The molecule has 0 radical (unpaired) electrons. The maximum Gasteiger partial charge on any atom is 0.407 e. The number of rotatable bonds is 5. The van der Waals surface area contributed by atoms with Gasteiger partial charge < -0.3 is 19.2 Å². The standard InChI is InChI=1S/C19H22ClNO6/c1-5-11-8-17(23)25-14-10-15(13(20)9-12(11)14)26-16(22)6-7-21-18(24)27-19(2,3)4/h8-10H,5-7H2,1-4H3,(H,21,24). The van der Waals surface area contributed by atoms with Gasteiger partial charge in [-0.05, 0) is 38.8 Å². The molecule has 146 valence electrons. The lowest BCUT2D eigenvalue weighted by Gasteiger charge is -2.19. The van der Waals surface area contributed by atoms with Gasteiger partial charge in [0, 0.05) is 24.1 Å². The molecule has 0 bridgehead atoms. The highest BCUT2D eigenvalue weighted by molar-refractivity contribution is 6.33. The molecule has 0 aliphatic heterocycles. The zero-order valence-corrected chi connectivity index (χ0v) is 16.4. The van der Waals surface area contributed by atoms with E-state index in [2.05, 4.69) is 5.32 Å². The second-order valence-electron chi connectivity index (χ2n) is 6.88. The molecular formula is C19H22ClNO6. The molecule has 0 aliphatic carbocycles. The Morgan fingerprint density at radius 2 is 1.93 bits per heavy atom. The molecule has 7 nitrogen and oxygen atoms in total. The average Bonchev–Trinajstić information content (AvgIpc) is 2.53. The van der Waals surface area contributed by atoms with Crippen LogP contribution >= 0.6 is 11.6 Å². The predicted octanol–water partition coefficient (Wildman–Crippen LogP) is 3.83. The van der Waals surface area contributed by atoms with Crippen LogP contribution in [0.1, 0.15) is 39.7 Å². The number of ether oxygens (including phenoxy) is 2. The number of hydrogen-bond donors (Lipinski definition) is 1. The maximum atomic E-state index is 12.0. The van der Waals surface area contributed by atoms with Crippen LogP contribution in [0.15, 0.2) is 27.4 Å². The van der Waals surface area contributed by atoms with E-state index in [1.54, 1.807) is 26.8 Å². The van der Waals surface area contributed by atoms with Crippen molar-refractivity contribution in [2.24, 2.45) is 0 Å². The molecule has 1 aromatic heterocycles. The predicted molar refractivity (Wildman–Crippen MR) is 101 cm³/mol. The van der Waals surface area contributed by atoms with Crippen LogP contribution in [0.2, 0.25) is 5.02 Å². The van der Waals surface area contributed by atoms with Crippen molar-refractivity contribution >= 4 is 34.6 Å². The molecule has 1 aromatic carbocycles. The van der Waals surface area contributed by atoms with Gasteiger partial charge in [-0.2, -0.15) is 0 Å². The average molecular weight is 396 g/mol. The monoisotopic (exact) mass is 395 g/mol. The number of halogens is 1. The Morgan fingerprint density at radius 3 is 2.56 bits per heavy atom. The van der Waals surface area contributed by atoms with Gasteiger partial charge >= 0.3 is 17.7 Å². The van der Waals surface area contributed by atoms with Gasteiger partial charge in [-0.25, -0.2) is 9.59 Å². The minimum atomic E-state index is -0.621. The van der Waals surface area contributed by atoms with Crippen LogP contribution in [0.3, 0.4) is 0 Å². The van der Waals surface area contributed by atoms with E-state index >= 15 is 0 Å². The highest BCUT2D eigenvalue weighted by Gasteiger charge is 2.17. The van der Waals surface area contributed by atoms with E-state index in [-0.39, 0.29) is 23.7 Å². The first-order valence-corrected chi connectivity index (χ1v) is 8.90. The van der Waals surface area contributed by atoms with Crippen molar-refractivity contribution in [3.05, 3.63) is 39.2 Å². The highest BCUT2D eigenvalue weighted by Crippen LogP contribution is 2.31. The van der Waals surface area contributed by atoms with E-state index < -0.39 is 23.3 Å². The first-order valence-electron chi connectivity index (χ1n) is 8.53. The molecule has 0 saturated carbocycles. The molecule has 0 aliphatic rings. The molecule has 2 aromatic rings. The van der Waals surface area contributed by atoms with Crippen molar-refractivity contribution < 1.29 is 23.5 Å². The number of amides is 1. The van der Waals surface area contributed by atoms with E-state index in [1.165, 1.54) is 12.1 Å². The van der Waals surface area contributed by atoms with E-state index in [0.29, 0.717) is 17.4 Å². The Morgan fingerprint density at radius 1 is 1.22 bits per heavy atom. The Hall–Kier alpha value is -2.54. The summed E-state index contributed by atoms with van der Waals surface area (Å²) >= 11 is 6.19. The number of fused-ring (bicyclic) bond motifs is 1. The lowest BCUT2D eigenvalue weighted by Crippen LogP contribution is -2.34. The fourth-order valence-corrected chi connectivity index (χ4v) is 2.56. The topological polar surface area (TPSA) is 94.8 Å². The van der Waals surface area contributed by atoms with Crippen molar-refractivity contribution in [1.29, 1.82) is 0 Å².